The van der Waals surface area contributed by atoms with Crippen molar-refractivity contribution in [3.8, 4) is 22.6 Å². The summed E-state index contributed by atoms with van der Waals surface area (Å²) in [5.41, 5.74) is -3.12. The number of methoxy groups -OCH3 is 1. The maximum atomic E-state index is 14.9. The number of carbonyl (C=O) groups is 2. The van der Waals surface area contributed by atoms with E-state index in [1.165, 1.54) is 74.9 Å². The van der Waals surface area contributed by atoms with Crippen LogP contribution in [0, 0.1) is 17.5 Å². The van der Waals surface area contributed by atoms with Crippen LogP contribution in [0.5, 0.6) is 11.5 Å². The molecule has 6 nitrogen and oxygen atoms in total. The molecule has 50 heavy (non-hydrogen) atoms. The number of hydrogen-bond donors (Lipinski definition) is 0. The molecule has 0 amide bonds. The third-order valence-corrected chi connectivity index (χ3v) is 8.91. The quantitative estimate of drug-likeness (QED) is 0.0602. The summed E-state index contributed by atoms with van der Waals surface area (Å²) in [5, 5.41) is 0. The van der Waals surface area contributed by atoms with Gasteiger partial charge in [-0.1, -0.05) is 76.5 Å². The number of unbranched alkanes of at least 4 members (excludes halogenated alkanes) is 8. The molecule has 1 fully saturated rings. The lowest BCUT2D eigenvalue weighted by molar-refractivity contribution is -0.283. The molecule has 3 aromatic carbocycles. The van der Waals surface area contributed by atoms with Gasteiger partial charge in [0, 0.05) is 13.2 Å². The maximum absolute atomic E-state index is 14.9. The van der Waals surface area contributed by atoms with Gasteiger partial charge in [0.1, 0.15) is 11.9 Å². The van der Waals surface area contributed by atoms with Crippen molar-refractivity contribution < 1.29 is 54.9 Å². The Bertz CT molecular complexity index is 1590. The number of hydrogen-bond acceptors (Lipinski definition) is 6. The van der Waals surface area contributed by atoms with E-state index in [4.69, 9.17) is 18.9 Å². The second kappa shape index (κ2) is 17.7. The van der Waals surface area contributed by atoms with E-state index in [1.54, 1.807) is 6.07 Å². The zero-order valence-electron chi connectivity index (χ0n) is 28.2. The van der Waals surface area contributed by atoms with Crippen LogP contribution >= 0.6 is 0 Å². The summed E-state index contributed by atoms with van der Waals surface area (Å²) in [7, 11) is 1.04. The molecule has 2 unspecified atom stereocenters. The average Bonchev–Trinajstić information content (AvgIpc) is 3.51. The SMILES string of the molecule is CCCCCCCCCCCOc1ccc(-c2ccc(C(=O)Oc3cc(F)c(C(=O)OC4(C(F)(F)F)CCCC4OC)cc3F)cc2)cc1F. The number of halogens is 6. The van der Waals surface area contributed by atoms with E-state index < -0.39 is 65.0 Å². The molecule has 1 saturated carbocycles. The molecule has 12 heteroatoms. The van der Waals surface area contributed by atoms with Crippen LogP contribution in [0.1, 0.15) is 105 Å². The van der Waals surface area contributed by atoms with E-state index >= 15 is 0 Å². The Balaban J connectivity index is 1.32. The summed E-state index contributed by atoms with van der Waals surface area (Å²) in [6.07, 6.45) is 3.31. The first kappa shape index (κ1) is 38.7. The molecule has 3 aromatic rings. The number of alkyl halides is 3. The average molecular weight is 709 g/mol. The predicted molar refractivity (Wildman–Crippen MR) is 175 cm³/mol. The molecule has 272 valence electrons. The van der Waals surface area contributed by atoms with E-state index in [9.17, 15) is 35.9 Å². The van der Waals surface area contributed by atoms with Gasteiger partial charge in [-0.05, 0) is 67.1 Å². The molecule has 0 spiro atoms. The molecule has 0 aromatic heterocycles. The second-order valence-corrected chi connectivity index (χ2v) is 12.4. The second-order valence-electron chi connectivity index (χ2n) is 12.4. The van der Waals surface area contributed by atoms with Gasteiger partial charge in [-0.2, -0.15) is 13.2 Å². The summed E-state index contributed by atoms with van der Waals surface area (Å²) >= 11 is 0. The van der Waals surface area contributed by atoms with Crippen molar-refractivity contribution >= 4 is 11.9 Å². The molecule has 2 atom stereocenters. The predicted octanol–water partition coefficient (Wildman–Crippen LogP) is 10.6. The van der Waals surface area contributed by atoms with Crippen LogP contribution in [0.3, 0.4) is 0 Å². The molecule has 0 heterocycles. The molecule has 0 N–H and O–H groups in total. The Labute approximate surface area is 288 Å². The van der Waals surface area contributed by atoms with Gasteiger partial charge in [0.05, 0.1) is 17.7 Å². The van der Waals surface area contributed by atoms with Crippen molar-refractivity contribution in [1.82, 2.24) is 0 Å². The standard InChI is InChI=1S/C38H42F6O6/c1-3-4-5-6-7-8-9-10-11-21-48-32-19-18-27(22-30(32)40)25-14-16-26(17-15-25)35(45)49-33-24-29(39)28(23-31(33)41)36(46)50-37(38(42,43)44)20-12-13-34(37)47-2/h14-19,22-24,34H,3-13,20-21H2,1-2H3. The Morgan fingerprint density at radius 1 is 0.760 bits per heavy atom. The molecule has 0 radical (unpaired) electrons. The first-order chi connectivity index (χ1) is 23.9. The maximum Gasteiger partial charge on any atom is 0.430 e. The monoisotopic (exact) mass is 708 g/mol. The third-order valence-electron chi connectivity index (χ3n) is 8.91. The van der Waals surface area contributed by atoms with Gasteiger partial charge in [0.15, 0.2) is 23.1 Å². The fraction of sp³-hybridized carbons (Fsp3) is 0.474. The van der Waals surface area contributed by atoms with Crippen molar-refractivity contribution in [1.29, 1.82) is 0 Å². The lowest BCUT2D eigenvalue weighted by atomic mass is 9.98. The highest BCUT2D eigenvalue weighted by Crippen LogP contribution is 2.47. The van der Waals surface area contributed by atoms with Crippen LogP contribution in [0.25, 0.3) is 11.1 Å². The van der Waals surface area contributed by atoms with Crippen LogP contribution in [0.2, 0.25) is 0 Å². The van der Waals surface area contributed by atoms with E-state index in [-0.39, 0.29) is 24.2 Å². The van der Waals surface area contributed by atoms with Gasteiger partial charge in [0.2, 0.25) is 5.60 Å². The first-order valence-corrected chi connectivity index (χ1v) is 17.0. The van der Waals surface area contributed by atoms with Crippen molar-refractivity contribution in [2.45, 2.75) is 102 Å². The normalized spacial score (nSPS) is 17.5. The van der Waals surface area contributed by atoms with Gasteiger partial charge in [-0.3, -0.25) is 0 Å². The molecular weight excluding hydrogens is 666 g/mol. The van der Waals surface area contributed by atoms with Crippen molar-refractivity contribution in [2.24, 2.45) is 0 Å². The summed E-state index contributed by atoms with van der Waals surface area (Å²) in [6.45, 7) is 2.61. The van der Waals surface area contributed by atoms with Gasteiger partial charge in [0.25, 0.3) is 0 Å². The van der Waals surface area contributed by atoms with Gasteiger partial charge in [-0.25, -0.2) is 22.8 Å². The van der Waals surface area contributed by atoms with Crippen LogP contribution in [-0.2, 0) is 9.47 Å². The Morgan fingerprint density at radius 3 is 2.00 bits per heavy atom. The van der Waals surface area contributed by atoms with Gasteiger partial charge < -0.3 is 18.9 Å². The fourth-order valence-electron chi connectivity index (χ4n) is 6.08. The van der Waals surface area contributed by atoms with E-state index in [2.05, 4.69) is 6.92 Å². The third kappa shape index (κ3) is 9.58. The molecule has 0 aliphatic heterocycles. The Morgan fingerprint density at radius 2 is 1.38 bits per heavy atom. The highest BCUT2D eigenvalue weighted by atomic mass is 19.4. The number of benzene rings is 3. The van der Waals surface area contributed by atoms with Crippen molar-refractivity contribution in [3.63, 3.8) is 0 Å². The van der Waals surface area contributed by atoms with E-state index in [0.717, 1.165) is 26.4 Å². The van der Waals surface area contributed by atoms with Gasteiger partial charge in [-0.15, -0.1) is 0 Å². The Kier molecular flexibility index (Phi) is 13.7. The molecule has 1 aliphatic carbocycles. The molecule has 0 saturated heterocycles. The molecular formula is C38H42F6O6. The van der Waals surface area contributed by atoms with Gasteiger partial charge >= 0.3 is 18.1 Å². The molecule has 0 bridgehead atoms. The summed E-state index contributed by atoms with van der Waals surface area (Å²) < 4.78 is 107. The minimum atomic E-state index is -5.03. The topological polar surface area (TPSA) is 71.1 Å². The summed E-state index contributed by atoms with van der Waals surface area (Å²) in [4.78, 5) is 25.3. The summed E-state index contributed by atoms with van der Waals surface area (Å²) in [6, 6.07) is 10.9. The number of ether oxygens (including phenoxy) is 4. The van der Waals surface area contributed by atoms with Crippen LogP contribution < -0.4 is 9.47 Å². The Hall–Kier alpha value is -4.06. The first-order valence-electron chi connectivity index (χ1n) is 17.0. The van der Waals surface area contributed by atoms with Crippen molar-refractivity contribution in [2.75, 3.05) is 13.7 Å². The van der Waals surface area contributed by atoms with Crippen LogP contribution in [0.4, 0.5) is 26.3 Å². The molecule has 4 rings (SSSR count). The fourth-order valence-corrected chi connectivity index (χ4v) is 6.08. The van der Waals surface area contributed by atoms with Crippen LogP contribution in [0.15, 0.2) is 54.6 Å². The van der Waals surface area contributed by atoms with E-state index in [1.807, 2.05) is 0 Å². The van der Waals surface area contributed by atoms with Crippen LogP contribution in [-0.4, -0.2) is 43.5 Å². The van der Waals surface area contributed by atoms with Crippen molar-refractivity contribution in [3.05, 3.63) is 83.2 Å². The minimum absolute atomic E-state index is 0.0373. The number of esters is 2. The minimum Gasteiger partial charge on any atom is -0.491 e. The number of carbonyl (C=O) groups excluding carboxylic acids is 2. The lowest BCUT2D eigenvalue weighted by Crippen LogP contribution is -2.55. The van der Waals surface area contributed by atoms with E-state index in [0.29, 0.717) is 29.9 Å². The number of rotatable bonds is 17. The lowest BCUT2D eigenvalue weighted by Gasteiger charge is -2.35. The highest BCUT2D eigenvalue weighted by molar-refractivity contribution is 5.93. The zero-order chi connectivity index (χ0) is 36.3. The highest BCUT2D eigenvalue weighted by Gasteiger charge is 2.65. The summed E-state index contributed by atoms with van der Waals surface area (Å²) in [5.74, 6) is -6.96. The zero-order valence-corrected chi connectivity index (χ0v) is 28.2. The largest absolute Gasteiger partial charge is 0.491 e. The molecule has 1 aliphatic rings. The smallest absolute Gasteiger partial charge is 0.430 e.